The first-order valence-corrected chi connectivity index (χ1v) is 11.3. The average molecular weight is 429 g/mol. The van der Waals surface area contributed by atoms with Gasteiger partial charge in [-0.05, 0) is 86.3 Å². The Labute approximate surface area is 190 Å². The molecule has 1 atom stereocenters. The van der Waals surface area contributed by atoms with Gasteiger partial charge in [-0.2, -0.15) is 0 Å². The molecule has 0 saturated heterocycles. The number of nitrogens with zero attached hydrogens (tertiary/aromatic N) is 1. The van der Waals surface area contributed by atoms with E-state index in [0.29, 0.717) is 5.92 Å². The van der Waals surface area contributed by atoms with Crippen molar-refractivity contribution in [3.63, 3.8) is 0 Å². The Kier molecular flexibility index (Phi) is 7.07. The van der Waals surface area contributed by atoms with Gasteiger partial charge in [0.25, 0.3) is 0 Å². The highest BCUT2D eigenvalue weighted by Crippen LogP contribution is 2.28. The van der Waals surface area contributed by atoms with Crippen LogP contribution in [0, 0.1) is 5.92 Å². The molecule has 0 aromatic heterocycles. The van der Waals surface area contributed by atoms with E-state index < -0.39 is 0 Å². The van der Waals surface area contributed by atoms with E-state index in [4.69, 9.17) is 0 Å². The largest absolute Gasteiger partial charge is 0.381 e. The summed E-state index contributed by atoms with van der Waals surface area (Å²) >= 11 is 0. The summed E-state index contributed by atoms with van der Waals surface area (Å²) in [5, 5.41) is 9.32. The highest BCUT2D eigenvalue weighted by molar-refractivity contribution is 6.00. The lowest BCUT2D eigenvalue weighted by atomic mass is 9.83. The molecule has 2 amide bonds. The van der Waals surface area contributed by atoms with E-state index in [1.807, 2.05) is 48.5 Å². The number of carbonyl (C=O) groups is 1. The van der Waals surface area contributed by atoms with Crippen LogP contribution >= 0.6 is 0 Å². The monoisotopic (exact) mass is 428 g/mol. The van der Waals surface area contributed by atoms with Crippen molar-refractivity contribution >= 4 is 23.1 Å². The quantitative estimate of drug-likeness (QED) is 0.458. The van der Waals surface area contributed by atoms with Crippen LogP contribution < -0.4 is 16.0 Å². The van der Waals surface area contributed by atoms with Crippen LogP contribution in [-0.4, -0.2) is 31.6 Å². The third kappa shape index (κ3) is 6.11. The van der Waals surface area contributed by atoms with Crippen molar-refractivity contribution in [3.05, 3.63) is 89.5 Å². The van der Waals surface area contributed by atoms with Crippen LogP contribution in [0.15, 0.2) is 72.8 Å². The Morgan fingerprint density at radius 3 is 2.41 bits per heavy atom. The molecule has 5 heteroatoms. The summed E-state index contributed by atoms with van der Waals surface area (Å²) in [7, 11) is 4.27. The van der Waals surface area contributed by atoms with E-state index in [-0.39, 0.29) is 6.03 Å². The number of rotatable bonds is 7. The number of nitrogens with one attached hydrogen (secondary N) is 3. The fraction of sp³-hybridized carbons (Fsp3) is 0.296. The molecule has 0 bridgehead atoms. The molecule has 1 unspecified atom stereocenters. The molecular weight excluding hydrogens is 396 g/mol. The standard InChI is InChI=1S/C27H32N4O/c1-31(2)19-21-11-12-23-16-26(14-13-22(23)15-21)30-27(32)29-25-10-6-9-24(17-25)28-18-20-7-4-3-5-8-20/h3-10,13-14,16-17,21,28H,11-12,15,18-19H2,1-2H3,(H2,29,30,32). The molecule has 3 aromatic rings. The summed E-state index contributed by atoms with van der Waals surface area (Å²) in [6, 6.07) is 24.1. The maximum absolute atomic E-state index is 12.6. The van der Waals surface area contributed by atoms with E-state index in [1.54, 1.807) is 0 Å². The Hall–Kier alpha value is -3.31. The number of urea groups is 1. The summed E-state index contributed by atoms with van der Waals surface area (Å²) in [6.07, 6.45) is 3.38. The third-order valence-electron chi connectivity index (χ3n) is 5.88. The molecule has 0 fully saturated rings. The molecule has 0 spiro atoms. The van der Waals surface area contributed by atoms with Crippen LogP contribution in [0.2, 0.25) is 0 Å². The summed E-state index contributed by atoms with van der Waals surface area (Å²) < 4.78 is 0. The molecule has 166 valence electrons. The summed E-state index contributed by atoms with van der Waals surface area (Å²) in [6.45, 7) is 1.86. The van der Waals surface area contributed by atoms with Gasteiger partial charge in [-0.25, -0.2) is 4.79 Å². The number of benzene rings is 3. The number of carbonyl (C=O) groups excluding carboxylic acids is 1. The fourth-order valence-electron chi connectivity index (χ4n) is 4.38. The zero-order valence-electron chi connectivity index (χ0n) is 18.9. The van der Waals surface area contributed by atoms with E-state index in [9.17, 15) is 4.79 Å². The Bertz CT molecular complexity index is 1050. The third-order valence-corrected chi connectivity index (χ3v) is 5.88. The molecule has 0 radical (unpaired) electrons. The minimum atomic E-state index is -0.230. The normalized spacial score (nSPS) is 15.2. The minimum absolute atomic E-state index is 0.230. The molecule has 1 aliphatic rings. The molecule has 32 heavy (non-hydrogen) atoms. The molecule has 0 aliphatic heterocycles. The SMILES string of the molecule is CN(C)CC1CCc2cc(NC(=O)Nc3cccc(NCc4ccccc4)c3)ccc2C1. The predicted octanol–water partition coefficient (Wildman–Crippen LogP) is 5.61. The van der Waals surface area contributed by atoms with Crippen LogP contribution in [0.1, 0.15) is 23.1 Å². The van der Waals surface area contributed by atoms with Crippen molar-refractivity contribution in [2.24, 2.45) is 5.92 Å². The predicted molar refractivity (Wildman–Crippen MR) is 133 cm³/mol. The van der Waals surface area contributed by atoms with E-state index in [0.717, 1.165) is 43.0 Å². The highest BCUT2D eigenvalue weighted by Gasteiger charge is 2.19. The number of anilines is 3. The number of fused-ring (bicyclic) bond motifs is 1. The number of aryl methyl sites for hydroxylation is 1. The lowest BCUT2D eigenvalue weighted by molar-refractivity contribution is 0.262. The van der Waals surface area contributed by atoms with E-state index in [2.05, 4.69) is 59.2 Å². The minimum Gasteiger partial charge on any atom is -0.381 e. The molecule has 3 N–H and O–H groups in total. The fourth-order valence-corrected chi connectivity index (χ4v) is 4.38. The lowest BCUT2D eigenvalue weighted by Crippen LogP contribution is -2.26. The van der Waals surface area contributed by atoms with Gasteiger partial charge < -0.3 is 20.9 Å². The van der Waals surface area contributed by atoms with Crippen molar-refractivity contribution in [3.8, 4) is 0 Å². The number of hydrogen-bond donors (Lipinski definition) is 3. The van der Waals surface area contributed by atoms with Crippen molar-refractivity contribution in [2.45, 2.75) is 25.8 Å². The topological polar surface area (TPSA) is 56.4 Å². The first kappa shape index (κ1) is 21.9. The van der Waals surface area contributed by atoms with Crippen LogP contribution in [0.25, 0.3) is 0 Å². The van der Waals surface area contributed by atoms with Gasteiger partial charge in [0, 0.05) is 30.2 Å². The van der Waals surface area contributed by atoms with Gasteiger partial charge in [-0.15, -0.1) is 0 Å². The average Bonchev–Trinajstić information content (AvgIpc) is 2.78. The Morgan fingerprint density at radius 1 is 0.875 bits per heavy atom. The van der Waals surface area contributed by atoms with E-state index in [1.165, 1.54) is 23.1 Å². The van der Waals surface area contributed by atoms with Crippen LogP contribution in [0.3, 0.4) is 0 Å². The zero-order chi connectivity index (χ0) is 22.3. The van der Waals surface area contributed by atoms with E-state index >= 15 is 0 Å². The maximum atomic E-state index is 12.6. The van der Waals surface area contributed by atoms with Crippen molar-refractivity contribution < 1.29 is 4.79 Å². The highest BCUT2D eigenvalue weighted by atomic mass is 16.2. The van der Waals surface area contributed by atoms with Gasteiger partial charge in [0.1, 0.15) is 0 Å². The van der Waals surface area contributed by atoms with Gasteiger partial charge in [-0.1, -0.05) is 42.5 Å². The molecular formula is C27H32N4O. The van der Waals surface area contributed by atoms with Gasteiger partial charge in [0.05, 0.1) is 0 Å². The summed E-state index contributed by atoms with van der Waals surface area (Å²) in [5.41, 5.74) is 6.53. The Morgan fingerprint density at radius 2 is 1.62 bits per heavy atom. The molecule has 4 rings (SSSR count). The number of hydrogen-bond acceptors (Lipinski definition) is 3. The first-order valence-electron chi connectivity index (χ1n) is 11.3. The summed E-state index contributed by atoms with van der Waals surface area (Å²) in [5.74, 6) is 0.711. The lowest BCUT2D eigenvalue weighted by Gasteiger charge is -2.27. The van der Waals surface area contributed by atoms with Crippen LogP contribution in [0.5, 0.6) is 0 Å². The van der Waals surface area contributed by atoms with Crippen LogP contribution in [0.4, 0.5) is 21.9 Å². The van der Waals surface area contributed by atoms with Crippen molar-refractivity contribution in [1.82, 2.24) is 4.90 Å². The van der Waals surface area contributed by atoms with Crippen molar-refractivity contribution in [1.29, 1.82) is 0 Å². The molecule has 3 aromatic carbocycles. The number of amides is 2. The first-order chi connectivity index (χ1) is 15.5. The second-order valence-corrected chi connectivity index (χ2v) is 8.85. The van der Waals surface area contributed by atoms with Gasteiger partial charge >= 0.3 is 6.03 Å². The second-order valence-electron chi connectivity index (χ2n) is 8.85. The smallest absolute Gasteiger partial charge is 0.323 e. The molecule has 0 saturated carbocycles. The van der Waals surface area contributed by atoms with Gasteiger partial charge in [0.15, 0.2) is 0 Å². The van der Waals surface area contributed by atoms with Gasteiger partial charge in [-0.3, -0.25) is 0 Å². The maximum Gasteiger partial charge on any atom is 0.323 e. The molecule has 5 nitrogen and oxygen atoms in total. The Balaban J connectivity index is 1.32. The second kappa shape index (κ2) is 10.3. The van der Waals surface area contributed by atoms with Gasteiger partial charge in [0.2, 0.25) is 0 Å². The van der Waals surface area contributed by atoms with Crippen molar-refractivity contribution in [2.75, 3.05) is 36.6 Å². The summed E-state index contributed by atoms with van der Waals surface area (Å²) in [4.78, 5) is 14.8. The molecule has 1 aliphatic carbocycles. The zero-order valence-corrected chi connectivity index (χ0v) is 18.9. The van der Waals surface area contributed by atoms with Crippen LogP contribution in [-0.2, 0) is 19.4 Å². The molecule has 0 heterocycles.